The number of amides is 2. The molecule has 8 heteroatoms. The Morgan fingerprint density at radius 1 is 1.24 bits per heavy atom. The van der Waals surface area contributed by atoms with Gasteiger partial charge in [0.25, 0.3) is 0 Å². The van der Waals surface area contributed by atoms with Crippen LogP contribution in [0.3, 0.4) is 0 Å². The van der Waals surface area contributed by atoms with Crippen molar-refractivity contribution in [2.75, 3.05) is 29.4 Å². The van der Waals surface area contributed by atoms with Gasteiger partial charge >= 0.3 is 0 Å². The van der Waals surface area contributed by atoms with Gasteiger partial charge in [-0.3, -0.25) is 14.5 Å². The average Bonchev–Trinajstić information content (AvgIpc) is 3.24. The highest BCUT2D eigenvalue weighted by molar-refractivity contribution is 7.19. The molecular weight excluding hydrogens is 338 g/mol. The summed E-state index contributed by atoms with van der Waals surface area (Å²) in [5, 5.41) is 12.9. The van der Waals surface area contributed by atoms with Crippen molar-refractivity contribution in [3.63, 3.8) is 0 Å². The molecule has 7 nitrogen and oxygen atoms in total. The number of anilines is 2. The lowest BCUT2D eigenvalue weighted by atomic mass is 10.1. The van der Waals surface area contributed by atoms with E-state index in [0.717, 1.165) is 43.8 Å². The zero-order chi connectivity index (χ0) is 17.8. The fraction of sp³-hybridized carbons (Fsp3) is 0.765. The zero-order valence-corrected chi connectivity index (χ0v) is 15.8. The van der Waals surface area contributed by atoms with Crippen LogP contribution in [0.1, 0.15) is 52.4 Å². The molecule has 0 radical (unpaired) electrons. The summed E-state index contributed by atoms with van der Waals surface area (Å²) in [6.07, 6.45) is 5.33. The third-order valence-corrected chi connectivity index (χ3v) is 5.76. The number of carbonyl (C=O) groups is 2. The van der Waals surface area contributed by atoms with Crippen LogP contribution < -0.4 is 15.1 Å². The van der Waals surface area contributed by atoms with Crippen molar-refractivity contribution in [2.45, 2.75) is 58.4 Å². The molecule has 1 atom stereocenters. The molecule has 0 aliphatic carbocycles. The van der Waals surface area contributed by atoms with Gasteiger partial charge in [-0.2, -0.15) is 0 Å². The summed E-state index contributed by atoms with van der Waals surface area (Å²) < 4.78 is 0. The van der Waals surface area contributed by atoms with E-state index in [1.54, 1.807) is 4.90 Å². The van der Waals surface area contributed by atoms with E-state index in [2.05, 4.69) is 29.4 Å². The highest BCUT2D eigenvalue weighted by Gasteiger charge is 2.33. The first kappa shape index (κ1) is 18.1. The molecule has 1 aromatic heterocycles. The summed E-state index contributed by atoms with van der Waals surface area (Å²) in [4.78, 5) is 28.3. The van der Waals surface area contributed by atoms with E-state index < -0.39 is 0 Å². The third-order valence-electron chi connectivity index (χ3n) is 4.78. The van der Waals surface area contributed by atoms with Gasteiger partial charge in [0.15, 0.2) is 0 Å². The zero-order valence-electron chi connectivity index (χ0n) is 15.0. The van der Waals surface area contributed by atoms with Crippen molar-refractivity contribution in [2.24, 2.45) is 5.92 Å². The monoisotopic (exact) mass is 365 g/mol. The van der Waals surface area contributed by atoms with Crippen LogP contribution in [0.4, 0.5) is 10.3 Å². The lowest BCUT2D eigenvalue weighted by Crippen LogP contribution is -2.43. The summed E-state index contributed by atoms with van der Waals surface area (Å²) in [5.74, 6) is 0.773. The van der Waals surface area contributed by atoms with Crippen molar-refractivity contribution in [3.8, 4) is 0 Å². The van der Waals surface area contributed by atoms with Crippen LogP contribution in [0, 0.1) is 5.92 Å². The number of rotatable bonds is 6. The molecule has 0 aromatic carbocycles. The van der Waals surface area contributed by atoms with Crippen molar-refractivity contribution < 1.29 is 9.59 Å². The van der Waals surface area contributed by atoms with Crippen molar-refractivity contribution in [1.82, 2.24) is 15.5 Å². The second kappa shape index (κ2) is 8.12. The van der Waals surface area contributed by atoms with Gasteiger partial charge in [-0.05, 0) is 38.0 Å². The smallest absolute Gasteiger partial charge is 0.242 e. The molecule has 3 heterocycles. The summed E-state index contributed by atoms with van der Waals surface area (Å²) in [6.45, 7) is 6.54. The molecule has 0 spiro atoms. The van der Waals surface area contributed by atoms with Crippen LogP contribution in [-0.2, 0) is 9.59 Å². The molecular formula is C17H27N5O2S. The third kappa shape index (κ3) is 4.29. The first-order chi connectivity index (χ1) is 12.1. The molecule has 2 aliphatic heterocycles. The van der Waals surface area contributed by atoms with Gasteiger partial charge in [0.1, 0.15) is 6.04 Å². The molecule has 0 bridgehead atoms. The Morgan fingerprint density at radius 2 is 2.04 bits per heavy atom. The molecule has 25 heavy (non-hydrogen) atoms. The van der Waals surface area contributed by atoms with Crippen LogP contribution in [0.2, 0.25) is 0 Å². The molecule has 0 saturated carbocycles. The Balaban J connectivity index is 1.64. The van der Waals surface area contributed by atoms with E-state index in [9.17, 15) is 9.59 Å². The number of hydrogen-bond donors (Lipinski definition) is 1. The predicted molar refractivity (Wildman–Crippen MR) is 98.9 cm³/mol. The highest BCUT2D eigenvalue weighted by atomic mass is 32.1. The highest BCUT2D eigenvalue weighted by Crippen LogP contribution is 2.33. The van der Waals surface area contributed by atoms with Gasteiger partial charge in [0, 0.05) is 26.1 Å². The number of hydrogen-bond acceptors (Lipinski definition) is 6. The normalized spacial score (nSPS) is 21.2. The molecule has 2 saturated heterocycles. The Kier molecular flexibility index (Phi) is 5.88. The lowest BCUT2D eigenvalue weighted by molar-refractivity contribution is -0.122. The fourth-order valence-corrected chi connectivity index (χ4v) is 4.28. The molecule has 3 rings (SSSR count). The van der Waals surface area contributed by atoms with Crippen LogP contribution in [0.15, 0.2) is 0 Å². The van der Waals surface area contributed by atoms with Crippen molar-refractivity contribution in [3.05, 3.63) is 0 Å². The van der Waals surface area contributed by atoms with Crippen molar-refractivity contribution >= 4 is 33.4 Å². The largest absolute Gasteiger partial charge is 0.354 e. The number of nitrogens with one attached hydrogen (secondary N) is 1. The molecule has 1 unspecified atom stereocenters. The molecule has 1 N–H and O–H groups in total. The van der Waals surface area contributed by atoms with Gasteiger partial charge in [0.05, 0.1) is 0 Å². The molecule has 2 aliphatic rings. The van der Waals surface area contributed by atoms with Gasteiger partial charge in [-0.25, -0.2) is 0 Å². The lowest BCUT2D eigenvalue weighted by Gasteiger charge is -2.24. The number of piperidine rings is 1. The molecule has 138 valence electrons. The first-order valence-corrected chi connectivity index (χ1v) is 10.1. The van der Waals surface area contributed by atoms with E-state index in [1.165, 1.54) is 11.3 Å². The van der Waals surface area contributed by atoms with Gasteiger partial charge in [-0.1, -0.05) is 25.2 Å². The van der Waals surface area contributed by atoms with Gasteiger partial charge < -0.3 is 10.2 Å². The maximum atomic E-state index is 12.5. The van der Waals surface area contributed by atoms with Crippen LogP contribution >= 0.6 is 11.3 Å². The Labute approximate surface area is 152 Å². The van der Waals surface area contributed by atoms with E-state index >= 15 is 0 Å². The standard InChI is InChI=1S/C17H27N5O2S/c1-12(2)8-9-18-15(24)13-6-5-11-21(13)16-19-20-17(25-16)22-10-4-3-7-14(22)23/h12-13H,3-11H2,1-2H3,(H,18,24). The maximum absolute atomic E-state index is 12.5. The van der Waals surface area contributed by atoms with Gasteiger partial charge in [-0.15, -0.1) is 10.2 Å². The van der Waals surface area contributed by atoms with E-state index in [4.69, 9.17) is 0 Å². The topological polar surface area (TPSA) is 78.4 Å². The summed E-state index contributed by atoms with van der Waals surface area (Å²) in [5.41, 5.74) is 0. The minimum Gasteiger partial charge on any atom is -0.354 e. The van der Waals surface area contributed by atoms with E-state index in [-0.39, 0.29) is 17.9 Å². The average molecular weight is 366 g/mol. The molecule has 1 aromatic rings. The second-order valence-corrected chi connectivity index (χ2v) is 8.13. The first-order valence-electron chi connectivity index (χ1n) is 9.24. The van der Waals surface area contributed by atoms with E-state index in [0.29, 0.717) is 30.6 Å². The number of aromatic nitrogens is 2. The molecule has 2 amide bonds. The minimum absolute atomic E-state index is 0.0731. The van der Waals surface area contributed by atoms with Gasteiger partial charge in [0.2, 0.25) is 22.1 Å². The summed E-state index contributed by atoms with van der Waals surface area (Å²) in [6, 6.07) is -0.176. The predicted octanol–water partition coefficient (Wildman–Crippen LogP) is 2.19. The van der Waals surface area contributed by atoms with Crippen LogP contribution in [0.25, 0.3) is 0 Å². The van der Waals surface area contributed by atoms with Crippen molar-refractivity contribution in [1.29, 1.82) is 0 Å². The number of carbonyl (C=O) groups excluding carboxylic acids is 2. The Hall–Kier alpha value is -1.70. The summed E-state index contributed by atoms with van der Waals surface area (Å²) >= 11 is 1.42. The number of nitrogens with zero attached hydrogens (tertiary/aromatic N) is 4. The maximum Gasteiger partial charge on any atom is 0.242 e. The Bertz CT molecular complexity index is 618. The quantitative estimate of drug-likeness (QED) is 0.836. The molecule has 2 fully saturated rings. The SMILES string of the molecule is CC(C)CCNC(=O)C1CCCN1c1nnc(N2CCCCC2=O)s1. The fourth-order valence-electron chi connectivity index (χ4n) is 3.31. The Morgan fingerprint density at radius 3 is 2.80 bits per heavy atom. The summed E-state index contributed by atoms with van der Waals surface area (Å²) in [7, 11) is 0. The second-order valence-electron chi connectivity index (χ2n) is 7.19. The van der Waals surface area contributed by atoms with E-state index in [1.807, 2.05) is 4.90 Å². The van der Waals surface area contributed by atoms with Crippen LogP contribution in [-0.4, -0.2) is 47.7 Å². The minimum atomic E-state index is -0.176. The van der Waals surface area contributed by atoms with Crippen LogP contribution in [0.5, 0.6) is 0 Å².